The molecule has 1 aliphatic rings. The van der Waals surface area contributed by atoms with E-state index in [1.54, 1.807) is 7.11 Å². The Morgan fingerprint density at radius 3 is 2.82 bits per heavy atom. The van der Waals surface area contributed by atoms with E-state index in [2.05, 4.69) is 19.2 Å². The van der Waals surface area contributed by atoms with Crippen molar-refractivity contribution < 1.29 is 9.53 Å². The third-order valence-corrected chi connectivity index (χ3v) is 3.52. The molecule has 1 saturated heterocycles. The van der Waals surface area contributed by atoms with Crippen molar-refractivity contribution in [2.45, 2.75) is 52.1 Å². The lowest BCUT2D eigenvalue weighted by Gasteiger charge is -2.37. The number of carbonyl (C=O) groups excluding carboxylic acids is 1. The van der Waals surface area contributed by atoms with Gasteiger partial charge in [0.1, 0.15) is 0 Å². The number of amides is 2. The first-order valence-electron chi connectivity index (χ1n) is 6.60. The van der Waals surface area contributed by atoms with Crippen LogP contribution in [0.15, 0.2) is 0 Å². The van der Waals surface area contributed by atoms with Crippen LogP contribution in [0.1, 0.15) is 40.0 Å². The number of rotatable bonds is 4. The van der Waals surface area contributed by atoms with Crippen LogP contribution in [0.3, 0.4) is 0 Å². The first kappa shape index (κ1) is 14.3. The van der Waals surface area contributed by atoms with Crippen molar-refractivity contribution in [2.75, 3.05) is 20.3 Å². The lowest BCUT2D eigenvalue weighted by molar-refractivity contribution is 0.134. The molecule has 4 heteroatoms. The maximum atomic E-state index is 12.1. The molecule has 0 aromatic heterocycles. The highest BCUT2D eigenvalue weighted by atomic mass is 16.5. The van der Waals surface area contributed by atoms with E-state index in [0.717, 1.165) is 31.7 Å². The molecule has 100 valence electrons. The molecule has 0 aromatic carbocycles. The number of piperidine rings is 1. The summed E-state index contributed by atoms with van der Waals surface area (Å²) in [7, 11) is 1.68. The summed E-state index contributed by atoms with van der Waals surface area (Å²) in [6.45, 7) is 7.98. The zero-order valence-electron chi connectivity index (χ0n) is 11.5. The molecule has 0 bridgehead atoms. The minimum atomic E-state index is 0.0769. The van der Waals surface area contributed by atoms with Crippen LogP contribution >= 0.6 is 0 Å². The minimum absolute atomic E-state index is 0.0769. The van der Waals surface area contributed by atoms with Gasteiger partial charge in [-0.25, -0.2) is 4.79 Å². The van der Waals surface area contributed by atoms with Crippen molar-refractivity contribution in [1.82, 2.24) is 10.2 Å². The van der Waals surface area contributed by atoms with Gasteiger partial charge in [0.05, 0.1) is 0 Å². The van der Waals surface area contributed by atoms with Crippen molar-refractivity contribution in [1.29, 1.82) is 0 Å². The molecule has 1 aliphatic heterocycles. The fourth-order valence-corrected chi connectivity index (χ4v) is 2.37. The Labute approximate surface area is 105 Å². The van der Waals surface area contributed by atoms with Gasteiger partial charge in [-0.3, -0.25) is 0 Å². The van der Waals surface area contributed by atoms with Crippen molar-refractivity contribution in [2.24, 2.45) is 5.92 Å². The van der Waals surface area contributed by atoms with Crippen molar-refractivity contribution in [3.63, 3.8) is 0 Å². The molecule has 0 aromatic rings. The minimum Gasteiger partial charge on any atom is -0.385 e. The van der Waals surface area contributed by atoms with Crippen LogP contribution in [0, 0.1) is 5.92 Å². The van der Waals surface area contributed by atoms with Crippen LogP contribution in [-0.2, 0) is 4.74 Å². The van der Waals surface area contributed by atoms with Gasteiger partial charge in [-0.15, -0.1) is 0 Å². The summed E-state index contributed by atoms with van der Waals surface area (Å²) >= 11 is 0. The third-order valence-electron chi connectivity index (χ3n) is 3.52. The molecule has 1 fully saturated rings. The standard InChI is InChI=1S/C13H26N2O2/c1-10-5-7-15(12(3)9-10)13(16)14-11(2)6-8-17-4/h10-12H,5-9H2,1-4H3,(H,14,16)/t10-,11-,12+/m1/s1. The van der Waals surface area contributed by atoms with Crippen LogP contribution in [0.2, 0.25) is 0 Å². The van der Waals surface area contributed by atoms with Gasteiger partial charge in [-0.2, -0.15) is 0 Å². The molecule has 1 rings (SSSR count). The number of urea groups is 1. The average molecular weight is 242 g/mol. The van der Waals surface area contributed by atoms with Crippen LogP contribution in [-0.4, -0.2) is 43.3 Å². The summed E-state index contributed by atoms with van der Waals surface area (Å²) in [4.78, 5) is 14.0. The molecule has 0 saturated carbocycles. The zero-order valence-corrected chi connectivity index (χ0v) is 11.5. The lowest BCUT2D eigenvalue weighted by Crippen LogP contribution is -2.51. The van der Waals surface area contributed by atoms with Crippen LogP contribution in [0.4, 0.5) is 4.79 Å². The van der Waals surface area contributed by atoms with Gasteiger partial charge in [0.2, 0.25) is 0 Å². The molecular formula is C13H26N2O2. The highest BCUT2D eigenvalue weighted by Gasteiger charge is 2.27. The topological polar surface area (TPSA) is 41.6 Å². The monoisotopic (exact) mass is 242 g/mol. The van der Waals surface area contributed by atoms with E-state index in [4.69, 9.17) is 4.74 Å². The first-order valence-corrected chi connectivity index (χ1v) is 6.60. The van der Waals surface area contributed by atoms with Crippen molar-refractivity contribution >= 4 is 6.03 Å². The number of nitrogens with zero attached hydrogens (tertiary/aromatic N) is 1. The number of carbonyl (C=O) groups is 1. The number of nitrogens with one attached hydrogen (secondary N) is 1. The molecule has 0 unspecified atom stereocenters. The summed E-state index contributed by atoms with van der Waals surface area (Å²) in [5.74, 6) is 0.736. The molecule has 1 heterocycles. The van der Waals surface area contributed by atoms with E-state index in [0.29, 0.717) is 12.6 Å². The van der Waals surface area contributed by atoms with Gasteiger partial charge in [-0.05, 0) is 39.0 Å². The molecular weight excluding hydrogens is 216 g/mol. The van der Waals surface area contributed by atoms with Gasteiger partial charge >= 0.3 is 6.03 Å². The SMILES string of the molecule is COCC[C@@H](C)NC(=O)N1CC[C@@H](C)C[C@@H]1C. The van der Waals surface area contributed by atoms with Crippen molar-refractivity contribution in [3.8, 4) is 0 Å². The fourth-order valence-electron chi connectivity index (χ4n) is 2.37. The predicted octanol–water partition coefficient (Wildman–Crippen LogP) is 2.24. The van der Waals surface area contributed by atoms with Crippen LogP contribution in [0.25, 0.3) is 0 Å². The number of likely N-dealkylation sites (tertiary alicyclic amines) is 1. The lowest BCUT2D eigenvalue weighted by atomic mass is 9.94. The zero-order chi connectivity index (χ0) is 12.8. The summed E-state index contributed by atoms with van der Waals surface area (Å²) in [5.41, 5.74) is 0. The highest BCUT2D eigenvalue weighted by Crippen LogP contribution is 2.21. The van der Waals surface area contributed by atoms with E-state index in [-0.39, 0.29) is 12.1 Å². The summed E-state index contributed by atoms with van der Waals surface area (Å²) < 4.78 is 5.01. The maximum absolute atomic E-state index is 12.1. The second-order valence-electron chi connectivity index (χ2n) is 5.30. The van der Waals surface area contributed by atoms with E-state index in [1.807, 2.05) is 11.8 Å². The van der Waals surface area contributed by atoms with Crippen LogP contribution in [0.5, 0.6) is 0 Å². The van der Waals surface area contributed by atoms with Gasteiger partial charge in [0, 0.05) is 32.3 Å². The quantitative estimate of drug-likeness (QED) is 0.821. The van der Waals surface area contributed by atoms with Crippen molar-refractivity contribution in [3.05, 3.63) is 0 Å². The largest absolute Gasteiger partial charge is 0.385 e. The summed E-state index contributed by atoms with van der Waals surface area (Å²) in [6.07, 6.45) is 3.09. The Hall–Kier alpha value is -0.770. The molecule has 3 atom stereocenters. The van der Waals surface area contributed by atoms with Gasteiger partial charge in [-0.1, -0.05) is 6.92 Å². The molecule has 2 amide bonds. The molecule has 0 radical (unpaired) electrons. The first-order chi connectivity index (χ1) is 8.04. The Bertz CT molecular complexity index is 246. The predicted molar refractivity (Wildman–Crippen MR) is 69.1 cm³/mol. The van der Waals surface area contributed by atoms with E-state index in [9.17, 15) is 4.79 Å². The third kappa shape index (κ3) is 4.54. The molecule has 0 spiro atoms. The number of hydrogen-bond acceptors (Lipinski definition) is 2. The van der Waals surface area contributed by atoms with E-state index >= 15 is 0 Å². The molecule has 17 heavy (non-hydrogen) atoms. The fraction of sp³-hybridized carbons (Fsp3) is 0.923. The smallest absolute Gasteiger partial charge is 0.317 e. The normalized spacial score (nSPS) is 26.7. The van der Waals surface area contributed by atoms with Crippen LogP contribution < -0.4 is 5.32 Å². The molecule has 0 aliphatic carbocycles. The van der Waals surface area contributed by atoms with Gasteiger partial charge in [0.15, 0.2) is 0 Å². The van der Waals surface area contributed by atoms with Gasteiger partial charge in [0.25, 0.3) is 0 Å². The maximum Gasteiger partial charge on any atom is 0.317 e. The Morgan fingerprint density at radius 2 is 2.24 bits per heavy atom. The second kappa shape index (κ2) is 6.84. The second-order valence-corrected chi connectivity index (χ2v) is 5.30. The van der Waals surface area contributed by atoms with E-state index in [1.165, 1.54) is 0 Å². The number of methoxy groups -OCH3 is 1. The summed E-state index contributed by atoms with van der Waals surface area (Å²) in [6, 6.07) is 0.607. The van der Waals surface area contributed by atoms with E-state index < -0.39 is 0 Å². The number of ether oxygens (including phenoxy) is 1. The molecule has 1 N–H and O–H groups in total. The average Bonchev–Trinajstić information content (AvgIpc) is 2.26. The Morgan fingerprint density at radius 1 is 1.53 bits per heavy atom. The Kier molecular flexibility index (Phi) is 5.75. The summed E-state index contributed by atoms with van der Waals surface area (Å²) in [5, 5.41) is 3.04. The number of hydrogen-bond donors (Lipinski definition) is 1. The van der Waals surface area contributed by atoms with Gasteiger partial charge < -0.3 is 15.0 Å². The molecule has 4 nitrogen and oxygen atoms in total. The Balaban J connectivity index is 2.36. The highest BCUT2D eigenvalue weighted by molar-refractivity contribution is 5.74.